The molecule has 3 saturated heterocycles. The average molecular weight is 828 g/mol. The van der Waals surface area contributed by atoms with E-state index in [-0.39, 0.29) is 46.3 Å². The number of thiocarbonyl (C=S) groups is 1. The first-order valence-corrected chi connectivity index (χ1v) is 20.9. The standard InChI is InChI=1S/C45H48F3N5O5S/c1-3-32-25-36(53-43(59)52(42(57)44(53)17-5-18-44)35-10-8-34(27-49)37(26-35)45(46,47)48)11-12-39(32)58-21-16-29-14-19-51(20-15-29)28(2)38(54)24-31-7-4-6-30(22-31)23-33-9-13-40(55)50-41(33)56/h4,6-8,10-12,22,25-26,28-29,33H,3,5,9,13-21,23-24H2,1-2H3,(H,50,55,56)/t28-,33?/m0/s1. The van der Waals surface area contributed by atoms with Crippen molar-refractivity contribution in [3.63, 3.8) is 0 Å². The second-order valence-electron chi connectivity index (χ2n) is 16.2. The first-order valence-electron chi connectivity index (χ1n) is 20.5. The van der Waals surface area contributed by atoms with Crippen molar-refractivity contribution in [2.75, 3.05) is 29.5 Å². The number of ketones is 1. The molecule has 2 atom stereocenters. The number of halogens is 3. The van der Waals surface area contributed by atoms with Gasteiger partial charge < -0.3 is 9.64 Å². The molecule has 0 bridgehead atoms. The van der Waals surface area contributed by atoms with E-state index in [1.54, 1.807) is 11.0 Å². The largest absolute Gasteiger partial charge is 0.493 e. The number of ether oxygens (including phenoxy) is 1. The predicted molar refractivity (Wildman–Crippen MR) is 220 cm³/mol. The summed E-state index contributed by atoms with van der Waals surface area (Å²) >= 11 is 5.82. The SMILES string of the molecule is CCc1cc(N2C(=S)N(c3ccc(C#N)c(C(F)(F)F)c3)C(=O)C23CCC3)ccc1OCCC1CCN([C@@H](C)C(=O)Cc2cccc(CC3CCC(=O)NC3=O)c2)CC1. The van der Waals surface area contributed by atoms with Crippen LogP contribution in [-0.2, 0) is 44.6 Å². The van der Waals surface area contributed by atoms with Gasteiger partial charge in [-0.15, -0.1) is 0 Å². The second-order valence-corrected chi connectivity index (χ2v) is 16.6. The summed E-state index contributed by atoms with van der Waals surface area (Å²) in [7, 11) is 0. The highest BCUT2D eigenvalue weighted by atomic mass is 32.1. The highest BCUT2D eigenvalue weighted by Crippen LogP contribution is 2.49. The maximum absolute atomic E-state index is 14.0. The van der Waals surface area contributed by atoms with Gasteiger partial charge in [0, 0.05) is 24.4 Å². The van der Waals surface area contributed by atoms with Crippen LogP contribution in [0, 0.1) is 23.2 Å². The van der Waals surface area contributed by atoms with Crippen LogP contribution < -0.4 is 19.9 Å². The van der Waals surface area contributed by atoms with E-state index in [9.17, 15) is 37.6 Å². The Bertz CT molecular complexity index is 2190. The van der Waals surface area contributed by atoms with Crippen LogP contribution in [0.4, 0.5) is 24.5 Å². The smallest absolute Gasteiger partial charge is 0.417 e. The Kier molecular flexibility index (Phi) is 12.3. The first kappa shape index (κ1) is 42.0. The van der Waals surface area contributed by atoms with Gasteiger partial charge in [-0.25, -0.2) is 0 Å². The average Bonchev–Trinajstić information content (AvgIpc) is 3.44. The topological polar surface area (TPSA) is 123 Å². The zero-order valence-corrected chi connectivity index (χ0v) is 34.1. The predicted octanol–water partition coefficient (Wildman–Crippen LogP) is 7.48. The van der Waals surface area contributed by atoms with Gasteiger partial charge in [-0.2, -0.15) is 18.4 Å². The molecule has 1 spiro atoms. The minimum atomic E-state index is -4.78. The Hall–Kier alpha value is -5.13. The van der Waals surface area contributed by atoms with Gasteiger partial charge in [0.05, 0.1) is 35.5 Å². The number of imide groups is 1. The van der Waals surface area contributed by atoms with E-state index in [1.807, 2.05) is 56.3 Å². The number of benzene rings is 3. The van der Waals surface area contributed by atoms with Crippen molar-refractivity contribution in [3.05, 3.63) is 88.5 Å². The van der Waals surface area contributed by atoms with E-state index in [2.05, 4.69) is 10.2 Å². The second kappa shape index (κ2) is 17.2. The van der Waals surface area contributed by atoms with Crippen molar-refractivity contribution in [2.45, 2.75) is 102 Å². The number of aryl methyl sites for hydroxylation is 1. The molecule has 3 heterocycles. The van der Waals surface area contributed by atoms with Gasteiger partial charge >= 0.3 is 6.18 Å². The lowest BCUT2D eigenvalue weighted by atomic mass is 9.75. The maximum atomic E-state index is 14.0. The molecule has 0 radical (unpaired) electrons. The van der Waals surface area contributed by atoms with Gasteiger partial charge in [0.2, 0.25) is 11.8 Å². The number of alkyl halides is 3. The number of hydrogen-bond donors (Lipinski definition) is 1. The van der Waals surface area contributed by atoms with Crippen molar-refractivity contribution in [3.8, 4) is 11.8 Å². The van der Waals surface area contributed by atoms with Crippen molar-refractivity contribution in [1.82, 2.24) is 10.2 Å². The Morgan fingerprint density at radius 2 is 1.75 bits per heavy atom. The minimum absolute atomic E-state index is 0.0197. The van der Waals surface area contributed by atoms with E-state index in [4.69, 9.17) is 17.0 Å². The fraction of sp³-hybridized carbons (Fsp3) is 0.467. The molecule has 1 unspecified atom stereocenters. The number of likely N-dealkylation sites (tertiary alicyclic amines) is 1. The molecule has 0 aromatic heterocycles. The van der Waals surface area contributed by atoms with Crippen LogP contribution in [0.3, 0.4) is 0 Å². The number of nitriles is 1. The molecule has 3 aromatic rings. The van der Waals surface area contributed by atoms with Gasteiger partial charge in [0.15, 0.2) is 10.9 Å². The van der Waals surface area contributed by atoms with Crippen molar-refractivity contribution < 1.29 is 37.1 Å². The number of amides is 3. The molecule has 4 aliphatic rings. The summed E-state index contributed by atoms with van der Waals surface area (Å²) in [4.78, 5) is 56.3. The van der Waals surface area contributed by atoms with Crippen molar-refractivity contribution >= 4 is 52.2 Å². The van der Waals surface area contributed by atoms with Crippen LogP contribution in [0.1, 0.15) is 93.0 Å². The van der Waals surface area contributed by atoms with E-state index in [0.717, 1.165) is 73.3 Å². The summed E-state index contributed by atoms with van der Waals surface area (Å²) in [6.07, 6.45) is 2.16. The zero-order chi connectivity index (χ0) is 42.1. The van der Waals surface area contributed by atoms with Gasteiger partial charge in [-0.3, -0.25) is 34.3 Å². The fourth-order valence-electron chi connectivity index (χ4n) is 8.93. The molecule has 1 N–H and O–H groups in total. The van der Waals surface area contributed by atoms with Crippen molar-refractivity contribution in [2.24, 2.45) is 11.8 Å². The Morgan fingerprint density at radius 1 is 1.02 bits per heavy atom. The Balaban J connectivity index is 0.923. The van der Waals surface area contributed by atoms with Crippen LogP contribution in [0.15, 0.2) is 60.7 Å². The maximum Gasteiger partial charge on any atom is 0.417 e. The van der Waals surface area contributed by atoms with Gasteiger partial charge in [-0.05, 0) is 149 Å². The number of nitrogens with zero attached hydrogens (tertiary/aromatic N) is 4. The number of rotatable bonds is 13. The third kappa shape index (κ3) is 8.64. The number of carbonyl (C=O) groups is 4. The fourth-order valence-corrected chi connectivity index (χ4v) is 9.40. The van der Waals surface area contributed by atoms with Gasteiger partial charge in [-0.1, -0.05) is 31.2 Å². The summed E-state index contributed by atoms with van der Waals surface area (Å²) in [6, 6.07) is 18.1. The van der Waals surface area contributed by atoms with Gasteiger partial charge in [0.1, 0.15) is 11.3 Å². The molecule has 7 rings (SSSR count). The van der Waals surface area contributed by atoms with E-state index < -0.39 is 22.8 Å². The number of carbonyl (C=O) groups excluding carboxylic acids is 4. The first-order chi connectivity index (χ1) is 28.2. The molecule has 1 aliphatic carbocycles. The molecule has 14 heteroatoms. The molecule has 1 saturated carbocycles. The molecular weight excluding hydrogens is 780 g/mol. The van der Waals surface area contributed by atoms with Crippen LogP contribution in [0.25, 0.3) is 0 Å². The number of Topliss-reactive ketones (excluding diaryl/α,β-unsaturated/α-hetero) is 1. The summed E-state index contributed by atoms with van der Waals surface area (Å²) in [5.41, 5.74) is 0.863. The molecule has 310 valence electrons. The van der Waals surface area contributed by atoms with Crippen LogP contribution in [0.5, 0.6) is 5.75 Å². The zero-order valence-electron chi connectivity index (χ0n) is 33.3. The van der Waals surface area contributed by atoms with Crippen LogP contribution >= 0.6 is 12.2 Å². The summed E-state index contributed by atoms with van der Waals surface area (Å²) in [5, 5.41) is 11.8. The number of hydrogen-bond acceptors (Lipinski definition) is 8. The lowest BCUT2D eigenvalue weighted by Gasteiger charge is -2.43. The molecule has 3 aromatic carbocycles. The van der Waals surface area contributed by atoms with Crippen LogP contribution in [0.2, 0.25) is 0 Å². The van der Waals surface area contributed by atoms with Crippen LogP contribution in [-0.4, -0.2) is 64.8 Å². The van der Waals surface area contributed by atoms with E-state index in [0.29, 0.717) is 63.2 Å². The Morgan fingerprint density at radius 3 is 2.41 bits per heavy atom. The summed E-state index contributed by atoms with van der Waals surface area (Å²) in [6.45, 7) is 6.13. The molecular formula is C45H48F3N5O5S. The third-order valence-electron chi connectivity index (χ3n) is 12.6. The van der Waals surface area contributed by atoms with Gasteiger partial charge in [0.25, 0.3) is 5.91 Å². The summed E-state index contributed by atoms with van der Waals surface area (Å²) in [5.74, 6) is 0.251. The Labute approximate surface area is 347 Å². The minimum Gasteiger partial charge on any atom is -0.493 e. The molecule has 3 amide bonds. The third-order valence-corrected chi connectivity index (χ3v) is 13.0. The number of nitrogens with one attached hydrogen (secondary N) is 1. The van der Waals surface area contributed by atoms with E-state index in [1.165, 1.54) is 11.0 Å². The molecule has 3 aliphatic heterocycles. The molecule has 10 nitrogen and oxygen atoms in total. The number of anilines is 2. The molecule has 4 fully saturated rings. The monoisotopic (exact) mass is 827 g/mol. The highest BCUT2D eigenvalue weighted by molar-refractivity contribution is 7.81. The van der Waals surface area contributed by atoms with Crippen molar-refractivity contribution in [1.29, 1.82) is 5.26 Å². The number of piperidine rings is 2. The quantitative estimate of drug-likeness (QED) is 0.138. The van der Waals surface area contributed by atoms with E-state index >= 15 is 0 Å². The lowest BCUT2D eigenvalue weighted by molar-refractivity contribution is -0.138. The lowest BCUT2D eigenvalue weighted by Crippen LogP contribution is -2.55. The highest BCUT2D eigenvalue weighted by Gasteiger charge is 2.59. The summed E-state index contributed by atoms with van der Waals surface area (Å²) < 4.78 is 47.9. The normalized spacial score (nSPS) is 20.4. The molecule has 59 heavy (non-hydrogen) atoms.